The van der Waals surface area contributed by atoms with Crippen molar-refractivity contribution in [2.24, 2.45) is 0 Å². The normalized spacial score (nSPS) is 18.1. The smallest absolute Gasteiger partial charge is 0.246 e. The van der Waals surface area contributed by atoms with Crippen molar-refractivity contribution in [2.75, 3.05) is 26.8 Å². The molecule has 0 radical (unpaired) electrons. The summed E-state index contributed by atoms with van der Waals surface area (Å²) in [6, 6.07) is 7.78. The number of hydrogen-bond acceptors (Lipinski definition) is 5. The van der Waals surface area contributed by atoms with Crippen molar-refractivity contribution in [3.05, 3.63) is 41.4 Å². The minimum atomic E-state index is 0.00384. The number of carbonyl (C=O) groups excluding carboxylic acids is 1. The molecule has 1 aliphatic heterocycles. The molecule has 0 saturated carbocycles. The predicted molar refractivity (Wildman–Crippen MR) is 95.1 cm³/mol. The molecule has 2 heterocycles. The fourth-order valence-electron chi connectivity index (χ4n) is 2.51. The van der Waals surface area contributed by atoms with E-state index in [1.165, 1.54) is 0 Å². The minimum Gasteiger partial charge on any atom is -0.497 e. The van der Waals surface area contributed by atoms with E-state index in [4.69, 9.17) is 9.47 Å². The third kappa shape index (κ3) is 4.01. The summed E-state index contributed by atoms with van der Waals surface area (Å²) in [4.78, 5) is 18.6. The van der Waals surface area contributed by atoms with Crippen molar-refractivity contribution in [1.29, 1.82) is 0 Å². The molecule has 1 aromatic heterocycles. The first kappa shape index (κ1) is 16.7. The molecular weight excluding hydrogens is 324 g/mol. The lowest BCUT2D eigenvalue weighted by Crippen LogP contribution is -2.43. The number of nitrogens with zero attached hydrogens (tertiary/aromatic N) is 2. The number of hydrogen-bond donors (Lipinski definition) is 0. The molecule has 0 bridgehead atoms. The van der Waals surface area contributed by atoms with Crippen LogP contribution in [-0.4, -0.2) is 48.7 Å². The molecule has 1 fully saturated rings. The summed E-state index contributed by atoms with van der Waals surface area (Å²) in [6.07, 6.45) is 3.45. The number of rotatable bonds is 4. The van der Waals surface area contributed by atoms with Crippen LogP contribution in [0.4, 0.5) is 0 Å². The number of methoxy groups -OCH3 is 1. The van der Waals surface area contributed by atoms with Crippen LogP contribution in [0.25, 0.3) is 16.6 Å². The van der Waals surface area contributed by atoms with Gasteiger partial charge in [0.15, 0.2) is 0 Å². The van der Waals surface area contributed by atoms with Crippen LogP contribution >= 0.6 is 11.3 Å². The molecule has 126 valence electrons. The van der Waals surface area contributed by atoms with Gasteiger partial charge in [-0.15, -0.1) is 11.3 Å². The highest BCUT2D eigenvalue weighted by molar-refractivity contribution is 7.13. The number of ether oxygens (including phenoxy) is 2. The second kappa shape index (κ2) is 7.59. The first-order valence-electron chi connectivity index (χ1n) is 7.84. The molecule has 1 aromatic carbocycles. The average molecular weight is 344 g/mol. The molecule has 1 atom stereocenters. The highest BCUT2D eigenvalue weighted by Crippen LogP contribution is 2.26. The Hall–Kier alpha value is -2.18. The second-order valence-corrected chi connectivity index (χ2v) is 6.46. The van der Waals surface area contributed by atoms with E-state index in [2.05, 4.69) is 4.98 Å². The third-order valence-electron chi connectivity index (χ3n) is 3.81. The van der Waals surface area contributed by atoms with Crippen LogP contribution in [0.1, 0.15) is 12.6 Å². The third-order valence-corrected chi connectivity index (χ3v) is 4.72. The Morgan fingerprint density at radius 1 is 1.42 bits per heavy atom. The van der Waals surface area contributed by atoms with Crippen molar-refractivity contribution in [3.8, 4) is 16.3 Å². The van der Waals surface area contributed by atoms with Crippen LogP contribution in [0.15, 0.2) is 35.7 Å². The number of aromatic nitrogens is 1. The van der Waals surface area contributed by atoms with Gasteiger partial charge in [0, 0.05) is 30.1 Å². The van der Waals surface area contributed by atoms with E-state index in [9.17, 15) is 4.79 Å². The van der Waals surface area contributed by atoms with Gasteiger partial charge in [0.25, 0.3) is 0 Å². The predicted octanol–water partition coefficient (Wildman–Crippen LogP) is 3.08. The second-order valence-electron chi connectivity index (χ2n) is 5.61. The lowest BCUT2D eigenvalue weighted by Gasteiger charge is -2.30. The van der Waals surface area contributed by atoms with E-state index < -0.39 is 0 Å². The lowest BCUT2D eigenvalue weighted by atomic mass is 10.2. The van der Waals surface area contributed by atoms with Crippen molar-refractivity contribution in [3.63, 3.8) is 0 Å². The Labute approximate surface area is 145 Å². The zero-order valence-electron chi connectivity index (χ0n) is 13.8. The van der Waals surface area contributed by atoms with Crippen LogP contribution in [0, 0.1) is 0 Å². The van der Waals surface area contributed by atoms with Gasteiger partial charge < -0.3 is 14.4 Å². The Morgan fingerprint density at radius 3 is 2.92 bits per heavy atom. The monoisotopic (exact) mass is 344 g/mol. The highest BCUT2D eigenvalue weighted by Gasteiger charge is 2.19. The first-order chi connectivity index (χ1) is 11.7. The zero-order valence-corrected chi connectivity index (χ0v) is 14.6. The maximum absolute atomic E-state index is 12.2. The van der Waals surface area contributed by atoms with Crippen molar-refractivity contribution in [1.82, 2.24) is 9.88 Å². The van der Waals surface area contributed by atoms with E-state index in [1.54, 1.807) is 35.5 Å². The van der Waals surface area contributed by atoms with Gasteiger partial charge >= 0.3 is 0 Å². The van der Waals surface area contributed by atoms with Gasteiger partial charge in [-0.2, -0.15) is 0 Å². The molecule has 0 aliphatic carbocycles. The summed E-state index contributed by atoms with van der Waals surface area (Å²) in [7, 11) is 1.65. The highest BCUT2D eigenvalue weighted by atomic mass is 32.1. The van der Waals surface area contributed by atoms with Crippen LogP contribution in [0.2, 0.25) is 0 Å². The van der Waals surface area contributed by atoms with Crippen molar-refractivity contribution < 1.29 is 14.3 Å². The van der Waals surface area contributed by atoms with E-state index in [0.717, 1.165) is 22.0 Å². The van der Waals surface area contributed by atoms with Gasteiger partial charge in [-0.1, -0.05) is 0 Å². The van der Waals surface area contributed by atoms with Crippen molar-refractivity contribution >= 4 is 23.3 Å². The Balaban J connectivity index is 1.65. The van der Waals surface area contributed by atoms with E-state index in [-0.39, 0.29) is 12.0 Å². The molecule has 2 aromatic rings. The van der Waals surface area contributed by atoms with Gasteiger partial charge in [0.05, 0.1) is 25.5 Å². The van der Waals surface area contributed by atoms with E-state index >= 15 is 0 Å². The lowest BCUT2D eigenvalue weighted by molar-refractivity contribution is -0.132. The molecule has 6 heteroatoms. The fraction of sp³-hybridized carbons (Fsp3) is 0.333. The van der Waals surface area contributed by atoms with Gasteiger partial charge in [-0.3, -0.25) is 4.79 Å². The molecule has 3 rings (SSSR count). The average Bonchev–Trinajstić information content (AvgIpc) is 3.09. The fourth-order valence-corrected chi connectivity index (χ4v) is 3.30. The number of morpholine rings is 1. The van der Waals surface area contributed by atoms with Crippen LogP contribution in [0.5, 0.6) is 5.75 Å². The topological polar surface area (TPSA) is 51.7 Å². The van der Waals surface area contributed by atoms with E-state index in [1.807, 2.05) is 36.6 Å². The molecular formula is C18H20N2O3S. The zero-order chi connectivity index (χ0) is 16.9. The van der Waals surface area contributed by atoms with Crippen molar-refractivity contribution in [2.45, 2.75) is 13.0 Å². The van der Waals surface area contributed by atoms with Gasteiger partial charge in [0.2, 0.25) is 5.91 Å². The molecule has 1 unspecified atom stereocenters. The Bertz CT molecular complexity index is 724. The summed E-state index contributed by atoms with van der Waals surface area (Å²) in [5, 5.41) is 2.87. The first-order valence-corrected chi connectivity index (χ1v) is 8.72. The number of carbonyl (C=O) groups is 1. The number of benzene rings is 1. The summed E-state index contributed by atoms with van der Waals surface area (Å²) in [5.74, 6) is 0.824. The van der Waals surface area contributed by atoms with Gasteiger partial charge in [-0.25, -0.2) is 4.98 Å². The van der Waals surface area contributed by atoms with Gasteiger partial charge in [0.1, 0.15) is 10.8 Å². The summed E-state index contributed by atoms with van der Waals surface area (Å²) < 4.78 is 10.6. The number of amides is 1. The molecule has 0 spiro atoms. The molecule has 0 N–H and O–H groups in total. The molecule has 5 nitrogen and oxygen atoms in total. The maximum atomic E-state index is 12.2. The minimum absolute atomic E-state index is 0.00384. The summed E-state index contributed by atoms with van der Waals surface area (Å²) >= 11 is 1.56. The molecule has 1 aliphatic rings. The van der Waals surface area contributed by atoms with E-state index in [0.29, 0.717) is 19.7 Å². The quantitative estimate of drug-likeness (QED) is 0.800. The number of thiazole rings is 1. The molecule has 1 saturated heterocycles. The Morgan fingerprint density at radius 2 is 2.21 bits per heavy atom. The Kier molecular flexibility index (Phi) is 5.27. The van der Waals surface area contributed by atoms with Crippen LogP contribution in [0.3, 0.4) is 0 Å². The maximum Gasteiger partial charge on any atom is 0.246 e. The van der Waals surface area contributed by atoms with Crippen LogP contribution in [-0.2, 0) is 9.53 Å². The molecule has 1 amide bonds. The van der Waals surface area contributed by atoms with Crippen LogP contribution < -0.4 is 4.74 Å². The van der Waals surface area contributed by atoms with Gasteiger partial charge in [-0.05, 0) is 37.3 Å². The molecule has 24 heavy (non-hydrogen) atoms. The summed E-state index contributed by atoms with van der Waals surface area (Å²) in [5.41, 5.74) is 1.83. The standard InChI is InChI=1S/C18H20N2O3S/c1-13-11-20(9-10-23-13)17(21)8-5-15-12-24-18(19-15)14-3-6-16(22-2)7-4-14/h3-8,12-13H,9-11H2,1-2H3/b8-5+. The SMILES string of the molecule is COc1ccc(-c2nc(/C=C/C(=O)N3CCOC(C)C3)cs2)cc1. The largest absolute Gasteiger partial charge is 0.497 e. The summed E-state index contributed by atoms with van der Waals surface area (Å²) in [6.45, 7) is 3.85.